The first-order chi connectivity index (χ1) is 9.78. The minimum Gasteiger partial charge on any atom is -0.493 e. The molecule has 0 saturated heterocycles. The van der Waals surface area contributed by atoms with Crippen LogP contribution in [0.15, 0.2) is 42.5 Å². The Morgan fingerprint density at radius 3 is 2.60 bits per heavy atom. The van der Waals surface area contributed by atoms with Gasteiger partial charge in [-0.15, -0.1) is 0 Å². The predicted molar refractivity (Wildman–Crippen MR) is 77.9 cm³/mol. The molecular formula is C17H17NO2. The van der Waals surface area contributed by atoms with E-state index in [4.69, 9.17) is 14.7 Å². The molecule has 0 atom stereocenters. The van der Waals surface area contributed by atoms with Crippen LogP contribution in [0, 0.1) is 11.3 Å². The Morgan fingerprint density at radius 2 is 1.90 bits per heavy atom. The maximum absolute atomic E-state index is 9.05. The monoisotopic (exact) mass is 267 g/mol. The number of benzene rings is 2. The Balaban J connectivity index is 2.17. The molecule has 0 aliphatic carbocycles. The molecule has 102 valence electrons. The molecule has 0 bridgehead atoms. The Kier molecular flexibility index (Phi) is 4.62. The molecule has 0 unspecified atom stereocenters. The van der Waals surface area contributed by atoms with E-state index in [-0.39, 0.29) is 0 Å². The summed E-state index contributed by atoms with van der Waals surface area (Å²) in [6.07, 6.45) is 0.952. The molecule has 0 spiro atoms. The minimum absolute atomic E-state index is 0.353. The third kappa shape index (κ3) is 3.10. The molecule has 3 nitrogen and oxygen atoms in total. The van der Waals surface area contributed by atoms with Crippen LogP contribution in [-0.2, 0) is 13.0 Å². The first-order valence-corrected chi connectivity index (χ1v) is 6.56. The number of hydrogen-bond donors (Lipinski definition) is 0. The van der Waals surface area contributed by atoms with Gasteiger partial charge in [0.05, 0.1) is 18.7 Å². The molecular weight excluding hydrogens is 250 g/mol. The Hall–Kier alpha value is -2.47. The lowest BCUT2D eigenvalue weighted by atomic mass is 10.1. The number of rotatable bonds is 5. The molecule has 0 aliphatic rings. The molecule has 0 aliphatic heterocycles. The Morgan fingerprint density at radius 1 is 1.10 bits per heavy atom. The molecule has 0 fully saturated rings. The fourth-order valence-corrected chi connectivity index (χ4v) is 1.96. The number of ether oxygens (including phenoxy) is 2. The highest BCUT2D eigenvalue weighted by molar-refractivity contribution is 5.43. The van der Waals surface area contributed by atoms with Crippen LogP contribution >= 0.6 is 0 Å². The fraction of sp³-hybridized carbons (Fsp3) is 0.235. The molecule has 3 heteroatoms. The van der Waals surface area contributed by atoms with E-state index in [0.29, 0.717) is 17.9 Å². The molecule has 0 amide bonds. The third-order valence-electron chi connectivity index (χ3n) is 3.16. The fourth-order valence-electron chi connectivity index (χ4n) is 1.96. The van der Waals surface area contributed by atoms with Gasteiger partial charge < -0.3 is 9.47 Å². The van der Waals surface area contributed by atoms with Crippen molar-refractivity contribution in [1.82, 2.24) is 0 Å². The van der Waals surface area contributed by atoms with Gasteiger partial charge in [-0.1, -0.05) is 31.2 Å². The highest BCUT2D eigenvalue weighted by atomic mass is 16.5. The van der Waals surface area contributed by atoms with Gasteiger partial charge in [-0.3, -0.25) is 0 Å². The summed E-state index contributed by atoms with van der Waals surface area (Å²) in [6.45, 7) is 2.45. The van der Waals surface area contributed by atoms with Crippen molar-refractivity contribution in [2.75, 3.05) is 7.11 Å². The first-order valence-electron chi connectivity index (χ1n) is 6.56. The van der Waals surface area contributed by atoms with Crippen molar-refractivity contribution in [3.05, 3.63) is 59.2 Å². The second-order valence-corrected chi connectivity index (χ2v) is 4.40. The average molecular weight is 267 g/mol. The van der Waals surface area contributed by atoms with Crippen LogP contribution in [0.1, 0.15) is 23.6 Å². The van der Waals surface area contributed by atoms with Crippen LogP contribution < -0.4 is 9.47 Å². The number of nitriles is 1. The third-order valence-corrected chi connectivity index (χ3v) is 3.16. The standard InChI is InChI=1S/C17H17NO2/c1-3-13-8-9-16(17(10-13)19-2)20-12-15-7-5-4-6-14(15)11-18/h4-10H,3,12H2,1-2H3. The zero-order valence-corrected chi connectivity index (χ0v) is 11.7. The second kappa shape index (κ2) is 6.63. The van der Waals surface area contributed by atoms with Crippen molar-refractivity contribution in [3.63, 3.8) is 0 Å². The summed E-state index contributed by atoms with van der Waals surface area (Å²) in [7, 11) is 1.63. The van der Waals surface area contributed by atoms with Gasteiger partial charge in [0, 0.05) is 5.56 Å². The lowest BCUT2D eigenvalue weighted by Crippen LogP contribution is -2.00. The summed E-state index contributed by atoms with van der Waals surface area (Å²) in [4.78, 5) is 0. The molecule has 0 heterocycles. The van der Waals surface area contributed by atoms with Crippen LogP contribution in [0.25, 0.3) is 0 Å². The van der Waals surface area contributed by atoms with E-state index < -0.39 is 0 Å². The summed E-state index contributed by atoms with van der Waals surface area (Å²) < 4.78 is 11.1. The van der Waals surface area contributed by atoms with Crippen LogP contribution in [0.5, 0.6) is 11.5 Å². The van der Waals surface area contributed by atoms with E-state index in [9.17, 15) is 0 Å². The Bertz CT molecular complexity index is 629. The van der Waals surface area contributed by atoms with Crippen molar-refractivity contribution >= 4 is 0 Å². The highest BCUT2D eigenvalue weighted by Gasteiger charge is 2.07. The van der Waals surface area contributed by atoms with Gasteiger partial charge in [0.1, 0.15) is 6.61 Å². The molecule has 0 saturated carbocycles. The normalized spacial score (nSPS) is 9.85. The van der Waals surface area contributed by atoms with Crippen LogP contribution in [0.2, 0.25) is 0 Å². The van der Waals surface area contributed by atoms with Gasteiger partial charge in [0.15, 0.2) is 11.5 Å². The summed E-state index contributed by atoms with van der Waals surface area (Å²) in [5.74, 6) is 1.41. The summed E-state index contributed by atoms with van der Waals surface area (Å²) in [6, 6.07) is 15.5. The average Bonchev–Trinajstić information content (AvgIpc) is 2.52. The second-order valence-electron chi connectivity index (χ2n) is 4.40. The van der Waals surface area contributed by atoms with Gasteiger partial charge in [-0.25, -0.2) is 0 Å². The van der Waals surface area contributed by atoms with E-state index in [1.165, 1.54) is 5.56 Å². The zero-order chi connectivity index (χ0) is 14.4. The van der Waals surface area contributed by atoms with Crippen molar-refractivity contribution in [2.45, 2.75) is 20.0 Å². The minimum atomic E-state index is 0.353. The van der Waals surface area contributed by atoms with Crippen LogP contribution in [0.4, 0.5) is 0 Å². The summed E-state index contributed by atoms with van der Waals surface area (Å²) >= 11 is 0. The molecule has 0 radical (unpaired) electrons. The van der Waals surface area contributed by atoms with E-state index in [2.05, 4.69) is 13.0 Å². The van der Waals surface area contributed by atoms with Crippen LogP contribution in [0.3, 0.4) is 0 Å². The number of methoxy groups -OCH3 is 1. The zero-order valence-electron chi connectivity index (χ0n) is 11.7. The van der Waals surface area contributed by atoms with E-state index in [1.54, 1.807) is 13.2 Å². The molecule has 2 aromatic rings. The summed E-state index contributed by atoms with van der Waals surface area (Å²) in [5.41, 5.74) is 2.71. The topological polar surface area (TPSA) is 42.2 Å². The number of nitrogens with zero attached hydrogens (tertiary/aromatic N) is 1. The van der Waals surface area contributed by atoms with Gasteiger partial charge in [-0.2, -0.15) is 5.26 Å². The lowest BCUT2D eigenvalue weighted by Gasteiger charge is -2.12. The quantitative estimate of drug-likeness (QED) is 0.829. The molecule has 2 aromatic carbocycles. The molecule has 0 N–H and O–H groups in total. The molecule has 2 rings (SSSR count). The smallest absolute Gasteiger partial charge is 0.161 e. The van der Waals surface area contributed by atoms with E-state index in [1.807, 2.05) is 36.4 Å². The van der Waals surface area contributed by atoms with E-state index in [0.717, 1.165) is 17.7 Å². The van der Waals surface area contributed by atoms with Crippen molar-refractivity contribution in [3.8, 4) is 17.6 Å². The van der Waals surface area contributed by atoms with Crippen molar-refractivity contribution in [2.24, 2.45) is 0 Å². The van der Waals surface area contributed by atoms with E-state index >= 15 is 0 Å². The van der Waals surface area contributed by atoms with Gasteiger partial charge in [0.25, 0.3) is 0 Å². The predicted octanol–water partition coefficient (Wildman–Crippen LogP) is 3.71. The van der Waals surface area contributed by atoms with Crippen LogP contribution in [-0.4, -0.2) is 7.11 Å². The SMILES string of the molecule is CCc1ccc(OCc2ccccc2C#N)c(OC)c1. The maximum atomic E-state index is 9.05. The van der Waals surface area contributed by atoms with Gasteiger partial charge >= 0.3 is 0 Å². The highest BCUT2D eigenvalue weighted by Crippen LogP contribution is 2.29. The Labute approximate surface area is 119 Å². The largest absolute Gasteiger partial charge is 0.493 e. The maximum Gasteiger partial charge on any atom is 0.161 e. The van der Waals surface area contributed by atoms with Crippen molar-refractivity contribution in [1.29, 1.82) is 5.26 Å². The molecule has 0 aromatic heterocycles. The molecule has 20 heavy (non-hydrogen) atoms. The van der Waals surface area contributed by atoms with Crippen molar-refractivity contribution < 1.29 is 9.47 Å². The number of aryl methyl sites for hydroxylation is 1. The lowest BCUT2D eigenvalue weighted by molar-refractivity contribution is 0.284. The van der Waals surface area contributed by atoms with Gasteiger partial charge in [0.2, 0.25) is 0 Å². The first kappa shape index (κ1) is 14.0. The number of hydrogen-bond acceptors (Lipinski definition) is 3. The van der Waals surface area contributed by atoms with Gasteiger partial charge in [-0.05, 0) is 30.2 Å². The summed E-state index contributed by atoms with van der Waals surface area (Å²) in [5, 5.41) is 9.05.